The summed E-state index contributed by atoms with van der Waals surface area (Å²) in [6.07, 6.45) is 2.18. The van der Waals surface area contributed by atoms with Crippen molar-refractivity contribution in [2.45, 2.75) is 20.3 Å². The number of hydrogen-bond donors (Lipinski definition) is 2. The van der Waals surface area contributed by atoms with Gasteiger partial charge in [0.2, 0.25) is 11.8 Å². The number of hydrogen-bond acceptors (Lipinski definition) is 8. The molecule has 2 N–H and O–H groups in total. The van der Waals surface area contributed by atoms with E-state index < -0.39 is 11.7 Å². The summed E-state index contributed by atoms with van der Waals surface area (Å²) < 4.78 is 26.6. The summed E-state index contributed by atoms with van der Waals surface area (Å²) in [5, 5.41) is 6.40. The molecule has 1 fully saturated rings. The molecule has 4 aromatic rings. The van der Waals surface area contributed by atoms with E-state index in [9.17, 15) is 9.18 Å². The molecule has 0 atom stereocenters. The summed E-state index contributed by atoms with van der Waals surface area (Å²) >= 11 is 6.15. The van der Waals surface area contributed by atoms with Crippen molar-refractivity contribution in [2.75, 3.05) is 57.0 Å². The molecular formula is C33H36ClFN6O3. The number of para-hydroxylation sites is 1. The van der Waals surface area contributed by atoms with Crippen molar-refractivity contribution in [1.82, 2.24) is 19.8 Å². The number of aryl methyl sites for hydroxylation is 2. The van der Waals surface area contributed by atoms with Gasteiger partial charge in [-0.05, 0) is 68.8 Å². The van der Waals surface area contributed by atoms with Crippen LogP contribution in [0, 0.1) is 19.7 Å². The number of nitrogens with one attached hydrogen (secondary N) is 2. The van der Waals surface area contributed by atoms with Crippen LogP contribution in [0.2, 0.25) is 5.02 Å². The monoisotopic (exact) mass is 618 g/mol. The van der Waals surface area contributed by atoms with Gasteiger partial charge in [-0.1, -0.05) is 35.9 Å². The van der Waals surface area contributed by atoms with Gasteiger partial charge in [0.1, 0.15) is 11.3 Å². The van der Waals surface area contributed by atoms with Crippen molar-refractivity contribution in [3.05, 3.63) is 94.4 Å². The van der Waals surface area contributed by atoms with E-state index in [4.69, 9.17) is 21.1 Å². The van der Waals surface area contributed by atoms with Crippen LogP contribution in [0.1, 0.15) is 27.9 Å². The van der Waals surface area contributed by atoms with Crippen molar-refractivity contribution in [3.63, 3.8) is 0 Å². The van der Waals surface area contributed by atoms with Crippen LogP contribution >= 0.6 is 11.6 Å². The second-order valence-electron chi connectivity index (χ2n) is 10.8. The number of likely N-dealkylation sites (N-methyl/N-ethyl adjacent to an activating group) is 1. The topological polar surface area (TPSA) is 91.8 Å². The Kier molecular flexibility index (Phi) is 10.3. The Morgan fingerprint density at radius 3 is 2.50 bits per heavy atom. The summed E-state index contributed by atoms with van der Waals surface area (Å²) in [5.74, 6) is -0.247. The van der Waals surface area contributed by atoms with Crippen LogP contribution in [0.5, 0.6) is 17.4 Å². The predicted molar refractivity (Wildman–Crippen MR) is 171 cm³/mol. The van der Waals surface area contributed by atoms with Crippen molar-refractivity contribution >= 4 is 34.8 Å². The van der Waals surface area contributed by atoms with E-state index in [0.717, 1.165) is 50.3 Å². The first-order valence-electron chi connectivity index (χ1n) is 14.5. The van der Waals surface area contributed by atoms with E-state index in [2.05, 4.69) is 37.4 Å². The molecule has 11 heteroatoms. The lowest BCUT2D eigenvalue weighted by atomic mass is 10.1. The Hall–Kier alpha value is -4.25. The number of benzene rings is 3. The van der Waals surface area contributed by atoms with Crippen LogP contribution in [0.3, 0.4) is 0 Å². The third kappa shape index (κ3) is 8.22. The Labute approximate surface area is 262 Å². The summed E-state index contributed by atoms with van der Waals surface area (Å²) in [7, 11) is 2.13. The van der Waals surface area contributed by atoms with E-state index in [-0.39, 0.29) is 23.1 Å². The SMILES string of the molecule is Cc1cccc(C)c1NC(=O)c1cnc(Nc2ccc(OCCCN3CCN(C)CC3)c(F)c2)nc1Oc1cccc(Cl)c1. The number of carbonyl (C=O) groups is 1. The Bertz CT molecular complexity index is 1590. The zero-order valence-corrected chi connectivity index (χ0v) is 25.8. The second-order valence-corrected chi connectivity index (χ2v) is 11.2. The van der Waals surface area contributed by atoms with Gasteiger partial charge in [0, 0.05) is 61.4 Å². The molecule has 1 aliphatic rings. The molecule has 1 aromatic heterocycles. The first-order chi connectivity index (χ1) is 21.2. The van der Waals surface area contributed by atoms with Crippen LogP contribution in [-0.4, -0.2) is 72.1 Å². The van der Waals surface area contributed by atoms with Crippen LogP contribution < -0.4 is 20.1 Å². The normalized spacial score (nSPS) is 13.8. The second kappa shape index (κ2) is 14.5. The predicted octanol–water partition coefficient (Wildman–Crippen LogP) is 6.69. The van der Waals surface area contributed by atoms with Crippen LogP contribution in [0.4, 0.5) is 21.7 Å². The number of rotatable bonds is 11. The highest BCUT2D eigenvalue weighted by molar-refractivity contribution is 6.30. The summed E-state index contributed by atoms with van der Waals surface area (Å²) in [6.45, 7) is 9.38. The maximum Gasteiger partial charge on any atom is 0.262 e. The smallest absolute Gasteiger partial charge is 0.262 e. The van der Waals surface area contributed by atoms with E-state index in [1.807, 2.05) is 32.0 Å². The quantitative estimate of drug-likeness (QED) is 0.180. The van der Waals surface area contributed by atoms with E-state index in [0.29, 0.717) is 28.8 Å². The standard InChI is InChI=1S/C33H36ClFN6O3/c1-22-7-4-8-23(2)30(22)38-31(42)27-21-36-33(39-32(27)44-26-10-5-9-24(34)19-26)37-25-11-12-29(28(35)20-25)43-18-6-13-41-16-14-40(3)15-17-41/h4-5,7-12,19-21H,6,13-18H2,1-3H3,(H,38,42)(H,36,37,39). The lowest BCUT2D eigenvalue weighted by Crippen LogP contribution is -2.44. The summed E-state index contributed by atoms with van der Waals surface area (Å²) in [5.41, 5.74) is 3.06. The lowest BCUT2D eigenvalue weighted by molar-refractivity contribution is 0.102. The molecule has 0 radical (unpaired) electrons. The van der Waals surface area contributed by atoms with Gasteiger partial charge in [0.25, 0.3) is 5.91 Å². The van der Waals surface area contributed by atoms with Gasteiger partial charge < -0.3 is 29.9 Å². The molecule has 230 valence electrons. The van der Waals surface area contributed by atoms with Crippen molar-refractivity contribution in [3.8, 4) is 17.4 Å². The van der Waals surface area contributed by atoms with E-state index >= 15 is 0 Å². The fraction of sp³-hybridized carbons (Fsp3) is 0.303. The number of carbonyl (C=O) groups excluding carboxylic acids is 1. The van der Waals surface area contributed by atoms with E-state index in [1.165, 1.54) is 12.3 Å². The van der Waals surface area contributed by atoms with Gasteiger partial charge in [0.05, 0.1) is 6.61 Å². The lowest BCUT2D eigenvalue weighted by Gasteiger charge is -2.32. The third-order valence-corrected chi connectivity index (χ3v) is 7.62. The minimum absolute atomic E-state index is 0.00859. The summed E-state index contributed by atoms with van der Waals surface area (Å²) in [4.78, 5) is 26.9. The highest BCUT2D eigenvalue weighted by Gasteiger charge is 2.20. The number of anilines is 3. The van der Waals surface area contributed by atoms with Gasteiger partial charge in [0.15, 0.2) is 11.6 Å². The molecule has 1 amide bonds. The third-order valence-electron chi connectivity index (χ3n) is 7.39. The highest BCUT2D eigenvalue weighted by atomic mass is 35.5. The van der Waals surface area contributed by atoms with Gasteiger partial charge in [-0.3, -0.25) is 4.79 Å². The van der Waals surface area contributed by atoms with E-state index in [1.54, 1.807) is 36.4 Å². The van der Waals surface area contributed by atoms with Gasteiger partial charge in [-0.15, -0.1) is 0 Å². The van der Waals surface area contributed by atoms with Gasteiger partial charge >= 0.3 is 0 Å². The van der Waals surface area contributed by atoms with Gasteiger partial charge in [-0.2, -0.15) is 4.98 Å². The number of piperazine rings is 1. The van der Waals surface area contributed by atoms with Gasteiger partial charge in [-0.25, -0.2) is 9.37 Å². The first-order valence-corrected chi connectivity index (χ1v) is 14.9. The average molecular weight is 619 g/mol. The number of halogens is 2. The Morgan fingerprint density at radius 1 is 1.02 bits per heavy atom. The molecule has 2 heterocycles. The number of ether oxygens (including phenoxy) is 2. The minimum atomic E-state index is -0.505. The highest BCUT2D eigenvalue weighted by Crippen LogP contribution is 2.29. The molecule has 0 bridgehead atoms. The Morgan fingerprint density at radius 2 is 1.77 bits per heavy atom. The summed E-state index contributed by atoms with van der Waals surface area (Å²) in [6, 6.07) is 17.1. The maximum absolute atomic E-state index is 14.9. The maximum atomic E-state index is 14.9. The molecular weight excluding hydrogens is 583 g/mol. The van der Waals surface area contributed by atoms with Crippen molar-refractivity contribution in [1.29, 1.82) is 0 Å². The molecule has 0 unspecified atom stereocenters. The first kappa shape index (κ1) is 31.2. The minimum Gasteiger partial charge on any atom is -0.490 e. The molecule has 9 nitrogen and oxygen atoms in total. The fourth-order valence-electron chi connectivity index (χ4n) is 4.86. The fourth-order valence-corrected chi connectivity index (χ4v) is 5.04. The largest absolute Gasteiger partial charge is 0.490 e. The molecule has 5 rings (SSSR count). The molecule has 0 saturated carbocycles. The zero-order chi connectivity index (χ0) is 31.1. The molecule has 0 aliphatic carbocycles. The van der Waals surface area contributed by atoms with Crippen LogP contribution in [-0.2, 0) is 0 Å². The number of aromatic nitrogens is 2. The molecule has 1 aliphatic heterocycles. The van der Waals surface area contributed by atoms with Crippen LogP contribution in [0.25, 0.3) is 0 Å². The zero-order valence-electron chi connectivity index (χ0n) is 25.1. The van der Waals surface area contributed by atoms with Crippen LogP contribution in [0.15, 0.2) is 66.9 Å². The Balaban J connectivity index is 1.28. The molecule has 0 spiro atoms. The number of amides is 1. The molecule has 3 aromatic carbocycles. The molecule has 44 heavy (non-hydrogen) atoms. The van der Waals surface area contributed by atoms with Crippen molar-refractivity contribution < 1.29 is 18.7 Å². The number of nitrogens with zero attached hydrogens (tertiary/aromatic N) is 4. The van der Waals surface area contributed by atoms with Crippen molar-refractivity contribution in [2.24, 2.45) is 0 Å². The average Bonchev–Trinajstić information content (AvgIpc) is 2.99. The molecule has 1 saturated heterocycles.